The number of carbonyl (C=O) groups is 3. The average Bonchev–Trinajstić information content (AvgIpc) is 3.14. The maximum absolute atomic E-state index is 13.9. The molecule has 2 heterocycles. The highest BCUT2D eigenvalue weighted by Gasteiger charge is 2.88. The number of fused-ring (bicyclic) bond motifs is 5. The van der Waals surface area contributed by atoms with Crippen LogP contribution < -0.4 is 4.74 Å². The number of ketones is 2. The van der Waals surface area contributed by atoms with Crippen molar-refractivity contribution in [3.8, 4) is 5.75 Å². The first kappa shape index (κ1) is 18.8. The molecule has 0 saturated heterocycles. The van der Waals surface area contributed by atoms with Crippen LogP contribution in [0.2, 0.25) is 0 Å². The number of carbonyl (C=O) groups excluding carboxylic acids is 3. The van der Waals surface area contributed by atoms with Gasteiger partial charge in [0.25, 0.3) is 0 Å². The maximum atomic E-state index is 13.9. The van der Waals surface area contributed by atoms with Gasteiger partial charge in [-0.15, -0.1) is 0 Å². The number of furan rings is 1. The molecule has 0 N–H and O–H groups in total. The minimum Gasteiger partial charge on any atom is -0.461 e. The molecule has 32 heavy (non-hydrogen) atoms. The molecule has 5 nitrogen and oxygen atoms in total. The lowest BCUT2D eigenvalue weighted by molar-refractivity contribution is -0.140. The van der Waals surface area contributed by atoms with E-state index >= 15 is 0 Å². The van der Waals surface area contributed by atoms with Gasteiger partial charge < -0.3 is 9.15 Å². The Hall–Kier alpha value is -3.99. The normalized spacial score (nSPS) is 25.5. The SMILES string of the molecule is C[C@]1(C(=O)c2ccccc2)[C@@H]2c3c(ccc4ccccc34)OC(=O)[C@]21C(=O)c1ccco1. The van der Waals surface area contributed by atoms with Crippen molar-refractivity contribution in [3.05, 3.63) is 102 Å². The van der Waals surface area contributed by atoms with Crippen LogP contribution in [0.3, 0.4) is 0 Å². The molecule has 4 aromatic rings. The minimum absolute atomic E-state index is 0.0419. The van der Waals surface area contributed by atoms with E-state index in [1.54, 1.807) is 43.3 Å². The third-order valence-corrected chi connectivity index (χ3v) is 7.10. The molecule has 0 bridgehead atoms. The van der Waals surface area contributed by atoms with Crippen molar-refractivity contribution < 1.29 is 23.5 Å². The first-order valence-corrected chi connectivity index (χ1v) is 10.4. The number of Topliss-reactive ketones (excluding diaryl/α,β-unsaturated/α-hetero) is 2. The number of rotatable bonds is 4. The van der Waals surface area contributed by atoms with Gasteiger partial charge in [-0.3, -0.25) is 14.4 Å². The molecule has 6 rings (SSSR count). The van der Waals surface area contributed by atoms with Gasteiger partial charge in [0.15, 0.2) is 17.0 Å². The van der Waals surface area contributed by atoms with E-state index in [2.05, 4.69) is 0 Å². The minimum atomic E-state index is -1.69. The van der Waals surface area contributed by atoms with Crippen molar-refractivity contribution in [2.24, 2.45) is 10.8 Å². The molecular formula is C27H18O5. The number of ether oxygens (including phenoxy) is 1. The second kappa shape index (κ2) is 6.26. The molecule has 3 aromatic carbocycles. The molecule has 5 heteroatoms. The van der Waals surface area contributed by atoms with Gasteiger partial charge in [0.05, 0.1) is 11.7 Å². The molecule has 0 unspecified atom stereocenters. The third-order valence-electron chi connectivity index (χ3n) is 7.10. The summed E-state index contributed by atoms with van der Waals surface area (Å²) < 4.78 is 11.1. The highest BCUT2D eigenvalue weighted by Crippen LogP contribution is 2.79. The lowest BCUT2D eigenvalue weighted by atomic mass is 9.83. The largest absolute Gasteiger partial charge is 0.461 e. The topological polar surface area (TPSA) is 73.6 Å². The summed E-state index contributed by atoms with van der Waals surface area (Å²) in [6.07, 6.45) is 1.38. The van der Waals surface area contributed by atoms with Gasteiger partial charge in [0, 0.05) is 17.0 Å². The zero-order valence-electron chi connectivity index (χ0n) is 17.2. The van der Waals surface area contributed by atoms with Crippen molar-refractivity contribution in [3.63, 3.8) is 0 Å². The van der Waals surface area contributed by atoms with Gasteiger partial charge in [0.2, 0.25) is 5.78 Å². The van der Waals surface area contributed by atoms with E-state index < -0.39 is 28.5 Å². The number of hydrogen-bond acceptors (Lipinski definition) is 5. The molecule has 1 saturated carbocycles. The molecule has 156 valence electrons. The quantitative estimate of drug-likeness (QED) is 0.195. The molecule has 1 aliphatic carbocycles. The van der Waals surface area contributed by atoms with Crippen molar-refractivity contribution in [1.82, 2.24) is 0 Å². The maximum Gasteiger partial charge on any atom is 0.327 e. The van der Waals surface area contributed by atoms with E-state index in [9.17, 15) is 14.4 Å². The fraction of sp³-hybridized carbons (Fsp3) is 0.148. The Labute approximate surface area is 183 Å². The smallest absolute Gasteiger partial charge is 0.327 e. The zero-order chi connectivity index (χ0) is 22.1. The van der Waals surface area contributed by atoms with Gasteiger partial charge in [-0.2, -0.15) is 0 Å². The van der Waals surface area contributed by atoms with Crippen LogP contribution in [0.25, 0.3) is 10.8 Å². The molecule has 1 aliphatic heterocycles. The lowest BCUT2D eigenvalue weighted by Crippen LogP contribution is -2.39. The average molecular weight is 422 g/mol. The van der Waals surface area contributed by atoms with Crippen LogP contribution in [-0.4, -0.2) is 17.5 Å². The van der Waals surface area contributed by atoms with E-state index in [0.717, 1.165) is 16.3 Å². The second-order valence-electron chi connectivity index (χ2n) is 8.53. The summed E-state index contributed by atoms with van der Waals surface area (Å²) in [5.74, 6) is -1.73. The van der Waals surface area contributed by atoms with Gasteiger partial charge >= 0.3 is 5.97 Å². The van der Waals surface area contributed by atoms with Crippen molar-refractivity contribution in [1.29, 1.82) is 0 Å². The Bertz CT molecular complexity index is 1420. The van der Waals surface area contributed by atoms with Crippen molar-refractivity contribution >= 4 is 28.3 Å². The lowest BCUT2D eigenvalue weighted by Gasteiger charge is -2.23. The van der Waals surface area contributed by atoms with E-state index in [1.165, 1.54) is 12.3 Å². The summed E-state index contributed by atoms with van der Waals surface area (Å²) in [6.45, 7) is 1.70. The van der Waals surface area contributed by atoms with E-state index in [-0.39, 0.29) is 11.5 Å². The van der Waals surface area contributed by atoms with E-state index in [1.807, 2.05) is 36.4 Å². The highest BCUT2D eigenvalue weighted by molar-refractivity contribution is 6.25. The Kier molecular flexibility index (Phi) is 3.67. The Morgan fingerprint density at radius 1 is 0.844 bits per heavy atom. The van der Waals surface area contributed by atoms with Gasteiger partial charge in [-0.05, 0) is 29.0 Å². The molecular weight excluding hydrogens is 404 g/mol. The van der Waals surface area contributed by atoms with Gasteiger partial charge in [0.1, 0.15) is 5.75 Å². The van der Waals surface area contributed by atoms with Crippen LogP contribution in [0.1, 0.15) is 39.3 Å². The number of hydrogen-bond donors (Lipinski definition) is 0. The molecule has 2 aliphatic rings. The summed E-state index contributed by atoms with van der Waals surface area (Å²) in [5, 5.41) is 1.81. The molecule has 0 spiro atoms. The molecule has 0 radical (unpaired) electrons. The Morgan fingerprint density at radius 3 is 2.34 bits per heavy atom. The first-order chi connectivity index (χ1) is 15.5. The fourth-order valence-corrected chi connectivity index (χ4v) is 5.56. The predicted octanol–water partition coefficient (Wildman–Crippen LogP) is 5.21. The summed E-state index contributed by atoms with van der Waals surface area (Å²) >= 11 is 0. The van der Waals surface area contributed by atoms with Crippen LogP contribution in [0.15, 0.2) is 89.5 Å². The second-order valence-corrected chi connectivity index (χ2v) is 8.53. The van der Waals surface area contributed by atoms with Crippen LogP contribution in [0, 0.1) is 10.8 Å². The Morgan fingerprint density at radius 2 is 1.59 bits per heavy atom. The number of benzene rings is 3. The monoisotopic (exact) mass is 422 g/mol. The van der Waals surface area contributed by atoms with Crippen LogP contribution >= 0.6 is 0 Å². The predicted molar refractivity (Wildman–Crippen MR) is 117 cm³/mol. The van der Waals surface area contributed by atoms with Crippen LogP contribution in [0.5, 0.6) is 5.75 Å². The standard InChI is InChI=1S/C27H18O5/c1-26(23(28)17-9-3-2-4-10-17)22-21-18-11-6-5-8-16(18)13-14-19(21)32-25(30)27(22,26)24(29)20-12-7-15-31-20/h2-15,22H,1H3/t22-,26+,27+/m0/s1. The number of esters is 1. The van der Waals surface area contributed by atoms with Gasteiger partial charge in [-0.1, -0.05) is 67.6 Å². The van der Waals surface area contributed by atoms with Crippen LogP contribution in [0.4, 0.5) is 0 Å². The van der Waals surface area contributed by atoms with Crippen molar-refractivity contribution in [2.75, 3.05) is 0 Å². The van der Waals surface area contributed by atoms with Crippen molar-refractivity contribution in [2.45, 2.75) is 12.8 Å². The highest BCUT2D eigenvalue weighted by atomic mass is 16.5. The molecule has 1 fully saturated rings. The fourth-order valence-electron chi connectivity index (χ4n) is 5.56. The third kappa shape index (κ3) is 2.10. The van der Waals surface area contributed by atoms with E-state index in [4.69, 9.17) is 9.15 Å². The first-order valence-electron chi connectivity index (χ1n) is 10.4. The Balaban J connectivity index is 1.64. The summed E-state index contributed by atoms with van der Waals surface area (Å²) in [5.41, 5.74) is -1.83. The van der Waals surface area contributed by atoms with Crippen LogP contribution in [-0.2, 0) is 4.79 Å². The zero-order valence-corrected chi connectivity index (χ0v) is 17.2. The van der Waals surface area contributed by atoms with E-state index in [0.29, 0.717) is 11.3 Å². The molecule has 3 atom stereocenters. The molecule has 0 amide bonds. The summed E-state index contributed by atoms with van der Waals surface area (Å²) in [6, 6.07) is 23.2. The summed E-state index contributed by atoms with van der Waals surface area (Å²) in [7, 11) is 0. The molecule has 1 aromatic heterocycles. The van der Waals surface area contributed by atoms with Gasteiger partial charge in [-0.25, -0.2) is 0 Å². The summed E-state index contributed by atoms with van der Waals surface area (Å²) in [4.78, 5) is 41.2.